The molecule has 0 aromatic heterocycles. The molecule has 1 N–H and O–H groups in total. The van der Waals surface area contributed by atoms with Crippen LogP contribution < -0.4 is 5.32 Å². The Morgan fingerprint density at radius 2 is 1.74 bits per heavy atom. The molecule has 1 rings (SSSR count). The first-order valence-electron chi connectivity index (χ1n) is 6.83. The fraction of sp³-hybridized carbons (Fsp3) is 1.00. The average molecular weight is 282 g/mol. The summed E-state index contributed by atoms with van der Waals surface area (Å²) >= 11 is 0. The minimum absolute atomic E-state index is 0.00597. The fourth-order valence-corrected chi connectivity index (χ4v) is 2.26. The minimum Gasteiger partial charge on any atom is -0.375 e. The van der Waals surface area contributed by atoms with Gasteiger partial charge in [0.25, 0.3) is 0 Å². The van der Waals surface area contributed by atoms with Crippen molar-refractivity contribution in [3.05, 3.63) is 0 Å². The van der Waals surface area contributed by atoms with Gasteiger partial charge in [0.1, 0.15) is 0 Å². The maximum atomic E-state index is 12.6. The quantitative estimate of drug-likeness (QED) is 0.838. The normalized spacial score (nSPS) is 19.1. The van der Waals surface area contributed by atoms with Gasteiger partial charge in [0.2, 0.25) is 0 Å². The van der Waals surface area contributed by atoms with Gasteiger partial charge in [-0.3, -0.25) is 4.90 Å². The molecule has 0 aromatic rings. The lowest BCUT2D eigenvalue weighted by molar-refractivity contribution is -0.155. The number of nitrogens with one attached hydrogen (secondary N) is 1. The molecule has 6 heteroatoms. The van der Waals surface area contributed by atoms with Crippen molar-refractivity contribution in [2.75, 3.05) is 32.8 Å². The molecular formula is C13H25F3N2O. The fourth-order valence-electron chi connectivity index (χ4n) is 2.26. The monoisotopic (exact) mass is 282 g/mol. The molecule has 0 aromatic carbocycles. The van der Waals surface area contributed by atoms with E-state index >= 15 is 0 Å². The minimum atomic E-state index is -4.15. The van der Waals surface area contributed by atoms with Gasteiger partial charge in [0, 0.05) is 12.6 Å². The molecule has 19 heavy (non-hydrogen) atoms. The number of ether oxygens (including phenoxy) is 1. The number of hydrogen-bond acceptors (Lipinski definition) is 3. The summed E-state index contributed by atoms with van der Waals surface area (Å²) < 4.78 is 43.4. The molecule has 3 nitrogen and oxygen atoms in total. The van der Waals surface area contributed by atoms with Gasteiger partial charge in [-0.15, -0.1) is 0 Å². The Hall–Kier alpha value is -0.330. The predicted octanol–water partition coefficient (Wildman–Crippen LogP) is 2.42. The van der Waals surface area contributed by atoms with Gasteiger partial charge >= 0.3 is 6.18 Å². The lowest BCUT2D eigenvalue weighted by Gasteiger charge is -2.35. The Morgan fingerprint density at radius 3 is 2.21 bits per heavy atom. The van der Waals surface area contributed by atoms with Gasteiger partial charge in [0.05, 0.1) is 18.8 Å². The summed E-state index contributed by atoms with van der Waals surface area (Å²) in [4.78, 5) is 1.52. The van der Waals surface area contributed by atoms with Gasteiger partial charge in [-0.25, -0.2) is 0 Å². The molecule has 0 saturated carbocycles. The molecule has 1 heterocycles. The third-order valence-electron chi connectivity index (χ3n) is 3.12. The first-order valence-corrected chi connectivity index (χ1v) is 6.83. The van der Waals surface area contributed by atoms with E-state index in [0.29, 0.717) is 13.2 Å². The molecule has 0 radical (unpaired) electrons. The zero-order valence-corrected chi connectivity index (χ0v) is 12.0. The van der Waals surface area contributed by atoms with Gasteiger partial charge in [0.15, 0.2) is 0 Å². The lowest BCUT2D eigenvalue weighted by Crippen LogP contribution is -2.48. The molecule has 0 bridgehead atoms. The van der Waals surface area contributed by atoms with Crippen LogP contribution in [0.5, 0.6) is 0 Å². The van der Waals surface area contributed by atoms with Crippen molar-refractivity contribution < 1.29 is 17.9 Å². The molecule has 1 fully saturated rings. The summed E-state index contributed by atoms with van der Waals surface area (Å²) in [5.41, 5.74) is -0.308. The highest BCUT2D eigenvalue weighted by atomic mass is 19.4. The maximum Gasteiger partial charge on any atom is 0.401 e. The van der Waals surface area contributed by atoms with Crippen molar-refractivity contribution in [3.8, 4) is 0 Å². The number of nitrogens with zero attached hydrogens (tertiary/aromatic N) is 1. The van der Waals surface area contributed by atoms with E-state index in [2.05, 4.69) is 5.32 Å². The van der Waals surface area contributed by atoms with Crippen molar-refractivity contribution in [2.24, 2.45) is 0 Å². The Bertz CT molecular complexity index is 258. The second-order valence-corrected chi connectivity index (χ2v) is 6.03. The van der Waals surface area contributed by atoms with E-state index in [1.165, 1.54) is 4.90 Å². The summed E-state index contributed by atoms with van der Waals surface area (Å²) in [6.45, 7) is 7.14. The van der Waals surface area contributed by atoms with Crippen LogP contribution in [0.25, 0.3) is 0 Å². The van der Waals surface area contributed by atoms with E-state index in [9.17, 15) is 13.2 Å². The van der Waals surface area contributed by atoms with Crippen LogP contribution in [0.2, 0.25) is 0 Å². The number of halogens is 3. The van der Waals surface area contributed by atoms with Crippen molar-refractivity contribution in [3.63, 3.8) is 0 Å². The molecule has 1 saturated heterocycles. The Morgan fingerprint density at radius 1 is 1.16 bits per heavy atom. The van der Waals surface area contributed by atoms with E-state index in [1.807, 2.05) is 20.8 Å². The van der Waals surface area contributed by atoms with Crippen LogP contribution >= 0.6 is 0 Å². The zero-order valence-electron chi connectivity index (χ0n) is 12.0. The molecule has 0 amide bonds. The van der Waals surface area contributed by atoms with Crippen LogP contribution in [-0.4, -0.2) is 55.5 Å². The van der Waals surface area contributed by atoms with Crippen LogP contribution in [0, 0.1) is 0 Å². The maximum absolute atomic E-state index is 12.6. The first kappa shape index (κ1) is 16.7. The Kier molecular flexibility index (Phi) is 6.08. The Labute approximate surface area is 113 Å². The van der Waals surface area contributed by atoms with Gasteiger partial charge in [-0.1, -0.05) is 0 Å². The highest BCUT2D eigenvalue weighted by Crippen LogP contribution is 2.21. The Balaban J connectivity index is 2.48. The van der Waals surface area contributed by atoms with Crippen LogP contribution in [0.4, 0.5) is 13.2 Å². The second kappa shape index (κ2) is 6.90. The van der Waals surface area contributed by atoms with E-state index < -0.39 is 12.7 Å². The second-order valence-electron chi connectivity index (χ2n) is 6.03. The van der Waals surface area contributed by atoms with Crippen LogP contribution in [0.3, 0.4) is 0 Å². The number of piperidine rings is 1. The number of rotatable bonds is 5. The van der Waals surface area contributed by atoms with Crippen LogP contribution in [-0.2, 0) is 4.74 Å². The molecule has 1 aliphatic heterocycles. The van der Waals surface area contributed by atoms with Crippen LogP contribution in [0.1, 0.15) is 33.6 Å². The average Bonchev–Trinajstić information content (AvgIpc) is 2.25. The predicted molar refractivity (Wildman–Crippen MR) is 69.2 cm³/mol. The number of alkyl halides is 3. The summed E-state index contributed by atoms with van der Waals surface area (Å²) in [5, 5.41) is 3.17. The van der Waals surface area contributed by atoms with E-state index in [-0.39, 0.29) is 11.6 Å². The number of hydrogen-bond donors (Lipinski definition) is 1. The van der Waals surface area contributed by atoms with Gasteiger partial charge in [-0.05, 0) is 46.7 Å². The molecular weight excluding hydrogens is 257 g/mol. The molecule has 0 aliphatic carbocycles. The largest absolute Gasteiger partial charge is 0.401 e. The smallest absolute Gasteiger partial charge is 0.375 e. The van der Waals surface area contributed by atoms with Crippen molar-refractivity contribution in [1.29, 1.82) is 0 Å². The zero-order chi connectivity index (χ0) is 14.5. The third-order valence-corrected chi connectivity index (χ3v) is 3.12. The van der Waals surface area contributed by atoms with E-state index in [4.69, 9.17) is 4.74 Å². The summed E-state index contributed by atoms with van der Waals surface area (Å²) in [5.74, 6) is 0. The SMILES string of the molecule is CC(C)(C)OCCN(CC(F)(F)F)C1CCNCC1. The third kappa shape index (κ3) is 7.74. The molecule has 114 valence electrons. The van der Waals surface area contributed by atoms with E-state index in [1.54, 1.807) is 0 Å². The van der Waals surface area contributed by atoms with Crippen molar-refractivity contribution in [1.82, 2.24) is 10.2 Å². The summed E-state index contributed by atoms with van der Waals surface area (Å²) in [6.07, 6.45) is -2.61. The summed E-state index contributed by atoms with van der Waals surface area (Å²) in [6, 6.07) is 0.00597. The van der Waals surface area contributed by atoms with Gasteiger partial charge < -0.3 is 10.1 Å². The first-order chi connectivity index (χ1) is 8.67. The highest BCUT2D eigenvalue weighted by Gasteiger charge is 2.34. The standard InChI is InChI=1S/C13H25F3N2O/c1-12(2,3)19-9-8-18(10-13(14,15)16)11-4-6-17-7-5-11/h11,17H,4-10H2,1-3H3. The molecule has 1 aliphatic rings. The van der Waals surface area contributed by atoms with E-state index in [0.717, 1.165) is 25.9 Å². The van der Waals surface area contributed by atoms with Crippen molar-refractivity contribution >= 4 is 0 Å². The van der Waals surface area contributed by atoms with Gasteiger partial charge in [-0.2, -0.15) is 13.2 Å². The van der Waals surface area contributed by atoms with Crippen molar-refractivity contribution in [2.45, 2.75) is 51.4 Å². The van der Waals surface area contributed by atoms with Crippen LogP contribution in [0.15, 0.2) is 0 Å². The molecule has 0 atom stereocenters. The highest BCUT2D eigenvalue weighted by molar-refractivity contribution is 4.79. The molecule has 0 unspecified atom stereocenters. The molecule has 0 spiro atoms. The summed E-state index contributed by atoms with van der Waals surface area (Å²) in [7, 11) is 0. The lowest BCUT2D eigenvalue weighted by atomic mass is 10.0. The topological polar surface area (TPSA) is 24.5 Å².